The largest absolute Gasteiger partial charge is 0.364 e. The number of nitrogens with zero attached hydrogens (tertiary/aromatic N) is 2. The summed E-state index contributed by atoms with van der Waals surface area (Å²) in [4.78, 5) is 18.8. The van der Waals surface area contributed by atoms with Gasteiger partial charge in [-0.3, -0.25) is 4.79 Å². The van der Waals surface area contributed by atoms with E-state index in [2.05, 4.69) is 9.97 Å². The summed E-state index contributed by atoms with van der Waals surface area (Å²) in [6.45, 7) is 0. The summed E-state index contributed by atoms with van der Waals surface area (Å²) in [6, 6.07) is 3.46. The SMILES string of the molecule is NC(=O)c1csc(-c2ccnc(Cl)c2)n1. The maximum atomic E-state index is 10.8. The molecule has 0 aliphatic heterocycles. The van der Waals surface area contributed by atoms with Crippen LogP contribution in [-0.4, -0.2) is 15.9 Å². The van der Waals surface area contributed by atoms with Crippen molar-refractivity contribution in [2.75, 3.05) is 0 Å². The molecule has 15 heavy (non-hydrogen) atoms. The van der Waals surface area contributed by atoms with Crippen LogP contribution in [0, 0.1) is 0 Å². The van der Waals surface area contributed by atoms with Gasteiger partial charge in [-0.2, -0.15) is 0 Å². The fraction of sp³-hybridized carbons (Fsp3) is 0. The summed E-state index contributed by atoms with van der Waals surface area (Å²) in [7, 11) is 0. The monoisotopic (exact) mass is 239 g/mol. The lowest BCUT2D eigenvalue weighted by Crippen LogP contribution is -2.10. The smallest absolute Gasteiger partial charge is 0.268 e. The molecular weight excluding hydrogens is 234 g/mol. The van der Waals surface area contributed by atoms with Gasteiger partial charge in [0.15, 0.2) is 0 Å². The summed E-state index contributed by atoms with van der Waals surface area (Å²) < 4.78 is 0. The van der Waals surface area contributed by atoms with E-state index in [1.165, 1.54) is 11.3 Å². The number of amides is 1. The van der Waals surface area contributed by atoms with Gasteiger partial charge in [0.05, 0.1) is 0 Å². The van der Waals surface area contributed by atoms with E-state index in [1.807, 2.05) is 0 Å². The second-order valence-electron chi connectivity index (χ2n) is 2.77. The molecule has 6 heteroatoms. The molecule has 0 saturated carbocycles. The molecule has 2 rings (SSSR count). The van der Waals surface area contributed by atoms with E-state index in [0.29, 0.717) is 10.2 Å². The first-order chi connectivity index (χ1) is 7.16. The molecule has 0 aromatic carbocycles. The summed E-state index contributed by atoms with van der Waals surface area (Å²) in [6.07, 6.45) is 1.59. The van der Waals surface area contributed by atoms with Gasteiger partial charge in [-0.1, -0.05) is 11.6 Å². The van der Waals surface area contributed by atoms with Crippen LogP contribution in [0.5, 0.6) is 0 Å². The van der Waals surface area contributed by atoms with Crippen LogP contribution in [0.2, 0.25) is 5.15 Å². The Hall–Kier alpha value is -1.46. The number of halogens is 1. The highest BCUT2D eigenvalue weighted by atomic mass is 35.5. The molecule has 0 bridgehead atoms. The van der Waals surface area contributed by atoms with E-state index < -0.39 is 5.91 Å². The molecule has 2 aromatic rings. The van der Waals surface area contributed by atoms with Crippen molar-refractivity contribution in [1.29, 1.82) is 0 Å². The molecule has 76 valence electrons. The van der Waals surface area contributed by atoms with Gasteiger partial charge >= 0.3 is 0 Å². The molecule has 0 fully saturated rings. The Morgan fingerprint density at radius 1 is 1.53 bits per heavy atom. The third kappa shape index (κ3) is 2.14. The average Bonchev–Trinajstić information content (AvgIpc) is 2.66. The zero-order valence-electron chi connectivity index (χ0n) is 7.48. The van der Waals surface area contributed by atoms with Crippen LogP contribution in [0.1, 0.15) is 10.5 Å². The number of aromatic nitrogens is 2. The zero-order chi connectivity index (χ0) is 10.8. The molecule has 0 aliphatic carbocycles. The van der Waals surface area contributed by atoms with E-state index in [4.69, 9.17) is 17.3 Å². The number of nitrogens with two attached hydrogens (primary N) is 1. The summed E-state index contributed by atoms with van der Waals surface area (Å²) in [5, 5.41) is 2.71. The molecule has 2 aromatic heterocycles. The highest BCUT2D eigenvalue weighted by molar-refractivity contribution is 7.13. The Morgan fingerprint density at radius 2 is 2.33 bits per heavy atom. The predicted octanol–water partition coefficient (Wildman–Crippen LogP) is 1.96. The number of carbonyl (C=O) groups excluding carboxylic acids is 1. The van der Waals surface area contributed by atoms with E-state index in [0.717, 1.165) is 5.56 Å². The molecule has 1 amide bonds. The standard InChI is InChI=1S/C9H6ClN3OS/c10-7-3-5(1-2-12-7)9-13-6(4-15-9)8(11)14/h1-4H,(H2,11,14). The van der Waals surface area contributed by atoms with E-state index in [9.17, 15) is 4.79 Å². The Morgan fingerprint density at radius 3 is 2.93 bits per heavy atom. The summed E-state index contributed by atoms with van der Waals surface area (Å²) in [5.74, 6) is -0.530. The molecular formula is C9H6ClN3OS. The van der Waals surface area contributed by atoms with Gasteiger partial charge < -0.3 is 5.73 Å². The van der Waals surface area contributed by atoms with Gasteiger partial charge in [-0.05, 0) is 12.1 Å². The van der Waals surface area contributed by atoms with Crippen molar-refractivity contribution in [3.63, 3.8) is 0 Å². The van der Waals surface area contributed by atoms with Gasteiger partial charge in [0.25, 0.3) is 5.91 Å². The van der Waals surface area contributed by atoms with Crippen molar-refractivity contribution in [1.82, 2.24) is 9.97 Å². The molecule has 0 radical (unpaired) electrons. The second-order valence-corrected chi connectivity index (χ2v) is 4.01. The predicted molar refractivity (Wildman–Crippen MR) is 58.9 cm³/mol. The Balaban J connectivity index is 2.41. The first-order valence-corrected chi connectivity index (χ1v) is 5.30. The molecule has 0 saturated heterocycles. The quantitative estimate of drug-likeness (QED) is 0.815. The number of carbonyl (C=O) groups is 1. The third-order valence-corrected chi connectivity index (χ3v) is 2.83. The lowest BCUT2D eigenvalue weighted by atomic mass is 10.3. The number of rotatable bonds is 2. The fourth-order valence-corrected chi connectivity index (χ4v) is 2.04. The minimum absolute atomic E-state index is 0.267. The van der Waals surface area contributed by atoms with Crippen molar-refractivity contribution in [2.45, 2.75) is 0 Å². The zero-order valence-corrected chi connectivity index (χ0v) is 9.05. The second kappa shape index (κ2) is 3.96. The molecule has 2 heterocycles. The topological polar surface area (TPSA) is 68.9 Å². The van der Waals surface area contributed by atoms with E-state index >= 15 is 0 Å². The highest BCUT2D eigenvalue weighted by Crippen LogP contribution is 2.24. The van der Waals surface area contributed by atoms with Crippen LogP contribution in [-0.2, 0) is 0 Å². The number of hydrogen-bond donors (Lipinski definition) is 1. The number of pyridine rings is 1. The summed E-state index contributed by atoms with van der Waals surface area (Å²) >= 11 is 7.08. The van der Waals surface area contributed by atoms with E-state index in [1.54, 1.807) is 23.7 Å². The van der Waals surface area contributed by atoms with Crippen molar-refractivity contribution >= 4 is 28.8 Å². The van der Waals surface area contributed by atoms with Crippen LogP contribution in [0.4, 0.5) is 0 Å². The molecule has 2 N–H and O–H groups in total. The van der Waals surface area contributed by atoms with Gasteiger partial charge in [0.2, 0.25) is 0 Å². The van der Waals surface area contributed by atoms with Crippen molar-refractivity contribution in [3.8, 4) is 10.6 Å². The highest BCUT2D eigenvalue weighted by Gasteiger charge is 2.08. The normalized spacial score (nSPS) is 10.2. The minimum Gasteiger partial charge on any atom is -0.364 e. The van der Waals surface area contributed by atoms with Gasteiger partial charge in [0.1, 0.15) is 15.9 Å². The van der Waals surface area contributed by atoms with Crippen LogP contribution >= 0.6 is 22.9 Å². The van der Waals surface area contributed by atoms with Gasteiger partial charge in [-0.25, -0.2) is 9.97 Å². The van der Waals surface area contributed by atoms with Crippen LogP contribution < -0.4 is 5.73 Å². The molecule has 0 atom stereocenters. The van der Waals surface area contributed by atoms with Crippen molar-refractivity contribution in [2.24, 2.45) is 5.73 Å². The Bertz CT molecular complexity index is 512. The van der Waals surface area contributed by atoms with Crippen LogP contribution in [0.25, 0.3) is 10.6 Å². The molecule has 0 aliphatic rings. The first kappa shape index (κ1) is 10.1. The van der Waals surface area contributed by atoms with Crippen LogP contribution in [0.15, 0.2) is 23.7 Å². The average molecular weight is 240 g/mol. The third-order valence-electron chi connectivity index (χ3n) is 1.73. The van der Waals surface area contributed by atoms with Crippen molar-refractivity contribution in [3.05, 3.63) is 34.6 Å². The minimum atomic E-state index is -0.530. The first-order valence-electron chi connectivity index (χ1n) is 4.04. The number of primary amides is 1. The number of hydrogen-bond acceptors (Lipinski definition) is 4. The lowest BCUT2D eigenvalue weighted by Gasteiger charge is -1.95. The Kier molecular flexibility index (Phi) is 2.66. The Labute approximate surface area is 94.7 Å². The van der Waals surface area contributed by atoms with Crippen molar-refractivity contribution < 1.29 is 4.79 Å². The maximum Gasteiger partial charge on any atom is 0.268 e. The van der Waals surface area contributed by atoms with E-state index in [-0.39, 0.29) is 5.69 Å². The van der Waals surface area contributed by atoms with Gasteiger partial charge in [-0.15, -0.1) is 11.3 Å². The fourth-order valence-electron chi connectivity index (χ4n) is 1.05. The van der Waals surface area contributed by atoms with Gasteiger partial charge in [0, 0.05) is 17.1 Å². The van der Waals surface area contributed by atoms with Crippen LogP contribution in [0.3, 0.4) is 0 Å². The molecule has 4 nitrogen and oxygen atoms in total. The lowest BCUT2D eigenvalue weighted by molar-refractivity contribution is 0.0996. The molecule has 0 spiro atoms. The molecule has 0 unspecified atom stereocenters. The number of thiazole rings is 1. The summed E-state index contributed by atoms with van der Waals surface area (Å²) in [5.41, 5.74) is 6.19. The maximum absolute atomic E-state index is 10.8.